The first-order valence-electron chi connectivity index (χ1n) is 4.29. The molecule has 0 aliphatic heterocycles. The van der Waals surface area contributed by atoms with Crippen molar-refractivity contribution in [1.82, 2.24) is 14.5 Å². The molecule has 0 N–H and O–H groups in total. The van der Waals surface area contributed by atoms with E-state index in [-0.39, 0.29) is 6.04 Å². The molecule has 0 saturated carbocycles. The molecule has 2 aromatic rings. The average Bonchev–Trinajstić information content (AvgIpc) is 2.87. The molecule has 1 unspecified atom stereocenters. The van der Waals surface area contributed by atoms with Gasteiger partial charge >= 0.3 is 0 Å². The third-order valence-electron chi connectivity index (χ3n) is 2.11. The van der Waals surface area contributed by atoms with Gasteiger partial charge in [-0.15, -0.1) is 22.9 Å². The van der Waals surface area contributed by atoms with Gasteiger partial charge in [-0.3, -0.25) is 0 Å². The van der Waals surface area contributed by atoms with Gasteiger partial charge in [-0.05, 0) is 6.92 Å². The molecule has 0 aliphatic carbocycles. The van der Waals surface area contributed by atoms with Crippen LogP contribution in [0.25, 0.3) is 0 Å². The highest BCUT2D eigenvalue weighted by Crippen LogP contribution is 2.21. The van der Waals surface area contributed by atoms with Crippen LogP contribution in [0.2, 0.25) is 0 Å². The molecule has 0 radical (unpaired) electrons. The quantitative estimate of drug-likeness (QED) is 0.755. The predicted molar refractivity (Wildman–Crippen MR) is 57.7 cm³/mol. The van der Waals surface area contributed by atoms with Crippen LogP contribution in [-0.4, -0.2) is 14.5 Å². The maximum absolute atomic E-state index is 5.80. The Morgan fingerprint density at radius 1 is 1.64 bits per heavy atom. The number of thiazole rings is 1. The lowest BCUT2D eigenvalue weighted by Crippen LogP contribution is -2.07. The van der Waals surface area contributed by atoms with E-state index in [1.807, 2.05) is 16.1 Å². The van der Waals surface area contributed by atoms with Crippen LogP contribution in [0.3, 0.4) is 0 Å². The first-order chi connectivity index (χ1) is 6.83. The normalized spacial score (nSPS) is 13.0. The van der Waals surface area contributed by atoms with Crippen molar-refractivity contribution in [2.24, 2.45) is 0 Å². The topological polar surface area (TPSA) is 30.7 Å². The Labute approximate surface area is 91.4 Å². The van der Waals surface area contributed by atoms with Crippen molar-refractivity contribution in [3.63, 3.8) is 0 Å². The van der Waals surface area contributed by atoms with Gasteiger partial charge in [0.15, 0.2) is 0 Å². The smallest absolute Gasteiger partial charge is 0.115 e. The monoisotopic (exact) mass is 227 g/mol. The van der Waals surface area contributed by atoms with E-state index >= 15 is 0 Å². The van der Waals surface area contributed by atoms with Crippen molar-refractivity contribution in [3.05, 3.63) is 34.8 Å². The second kappa shape index (κ2) is 4.11. The van der Waals surface area contributed by atoms with Gasteiger partial charge in [0.1, 0.15) is 5.01 Å². The molecule has 0 saturated heterocycles. The van der Waals surface area contributed by atoms with Crippen LogP contribution >= 0.6 is 22.9 Å². The number of rotatable bonds is 3. The standard InChI is InChI=1S/C9H10ClN3S/c1-7(9-12-2-3-14-9)13-6-11-5-8(13)4-10/h2-3,5-7H,4H2,1H3. The highest BCUT2D eigenvalue weighted by molar-refractivity contribution is 7.09. The molecule has 0 fully saturated rings. The van der Waals surface area contributed by atoms with Crippen LogP contribution in [-0.2, 0) is 5.88 Å². The maximum Gasteiger partial charge on any atom is 0.115 e. The Balaban J connectivity index is 2.31. The minimum absolute atomic E-state index is 0.214. The molecule has 5 heteroatoms. The van der Waals surface area contributed by atoms with Gasteiger partial charge in [0.05, 0.1) is 23.9 Å². The van der Waals surface area contributed by atoms with Crippen LogP contribution in [0.4, 0.5) is 0 Å². The van der Waals surface area contributed by atoms with Gasteiger partial charge in [0.25, 0.3) is 0 Å². The van der Waals surface area contributed by atoms with Crippen LogP contribution < -0.4 is 0 Å². The zero-order chi connectivity index (χ0) is 9.97. The summed E-state index contributed by atoms with van der Waals surface area (Å²) in [6, 6.07) is 0.214. The fourth-order valence-electron chi connectivity index (χ4n) is 1.34. The summed E-state index contributed by atoms with van der Waals surface area (Å²) in [5.41, 5.74) is 1.02. The zero-order valence-corrected chi connectivity index (χ0v) is 9.29. The van der Waals surface area contributed by atoms with Gasteiger partial charge in [-0.2, -0.15) is 0 Å². The highest BCUT2D eigenvalue weighted by Gasteiger charge is 2.12. The van der Waals surface area contributed by atoms with Crippen LogP contribution in [0.1, 0.15) is 23.7 Å². The van der Waals surface area contributed by atoms with Gasteiger partial charge in [0.2, 0.25) is 0 Å². The first kappa shape index (κ1) is 9.68. The Morgan fingerprint density at radius 2 is 2.50 bits per heavy atom. The highest BCUT2D eigenvalue weighted by atomic mass is 35.5. The second-order valence-corrected chi connectivity index (χ2v) is 4.17. The van der Waals surface area contributed by atoms with E-state index in [4.69, 9.17) is 11.6 Å². The second-order valence-electron chi connectivity index (χ2n) is 2.97. The summed E-state index contributed by atoms with van der Waals surface area (Å²) >= 11 is 7.45. The summed E-state index contributed by atoms with van der Waals surface area (Å²) in [6.07, 6.45) is 5.40. The van der Waals surface area contributed by atoms with E-state index in [9.17, 15) is 0 Å². The summed E-state index contributed by atoms with van der Waals surface area (Å²) in [6.45, 7) is 2.09. The third-order valence-corrected chi connectivity index (χ3v) is 3.33. The van der Waals surface area contributed by atoms with Gasteiger partial charge < -0.3 is 4.57 Å². The van der Waals surface area contributed by atoms with Crippen molar-refractivity contribution in [1.29, 1.82) is 0 Å². The molecule has 2 heterocycles. The predicted octanol–water partition coefficient (Wildman–Crippen LogP) is 2.69. The lowest BCUT2D eigenvalue weighted by Gasteiger charge is -2.12. The van der Waals surface area contributed by atoms with Crippen molar-refractivity contribution in [2.75, 3.05) is 0 Å². The van der Waals surface area contributed by atoms with Gasteiger partial charge in [-0.25, -0.2) is 9.97 Å². The lowest BCUT2D eigenvalue weighted by molar-refractivity contribution is 0.616. The van der Waals surface area contributed by atoms with Crippen molar-refractivity contribution >= 4 is 22.9 Å². The van der Waals surface area contributed by atoms with Crippen molar-refractivity contribution in [2.45, 2.75) is 18.8 Å². The summed E-state index contributed by atoms with van der Waals surface area (Å²) < 4.78 is 2.05. The molecule has 74 valence electrons. The molecule has 14 heavy (non-hydrogen) atoms. The molecule has 0 aliphatic rings. The summed E-state index contributed by atoms with van der Waals surface area (Å²) in [5, 5.41) is 3.05. The van der Waals surface area contributed by atoms with E-state index < -0.39 is 0 Å². The van der Waals surface area contributed by atoms with Crippen LogP contribution in [0, 0.1) is 0 Å². The zero-order valence-electron chi connectivity index (χ0n) is 7.72. The molecule has 0 bridgehead atoms. The lowest BCUT2D eigenvalue weighted by atomic mass is 10.3. The maximum atomic E-state index is 5.80. The van der Waals surface area contributed by atoms with Crippen molar-refractivity contribution in [3.8, 4) is 0 Å². The fourth-order valence-corrected chi connectivity index (χ4v) is 2.24. The number of aromatic nitrogens is 3. The number of halogens is 1. The number of imidazole rings is 1. The Bertz CT molecular complexity index is 396. The van der Waals surface area contributed by atoms with Crippen molar-refractivity contribution < 1.29 is 0 Å². The van der Waals surface area contributed by atoms with E-state index in [1.165, 1.54) is 0 Å². The third kappa shape index (κ3) is 1.67. The number of hydrogen-bond donors (Lipinski definition) is 0. The van der Waals surface area contributed by atoms with Crippen LogP contribution in [0.5, 0.6) is 0 Å². The molecule has 0 aromatic carbocycles. The van der Waals surface area contributed by atoms with E-state index in [0.29, 0.717) is 5.88 Å². The first-order valence-corrected chi connectivity index (χ1v) is 5.70. The van der Waals surface area contributed by atoms with E-state index in [0.717, 1.165) is 10.7 Å². The minimum atomic E-state index is 0.214. The molecule has 1 atom stereocenters. The molecular formula is C9H10ClN3S. The van der Waals surface area contributed by atoms with Gasteiger partial charge in [0, 0.05) is 17.8 Å². The minimum Gasteiger partial charge on any atom is -0.324 e. The number of nitrogens with zero attached hydrogens (tertiary/aromatic N) is 3. The molecule has 3 nitrogen and oxygen atoms in total. The summed E-state index contributed by atoms with van der Waals surface area (Å²) in [7, 11) is 0. The number of hydrogen-bond acceptors (Lipinski definition) is 3. The summed E-state index contributed by atoms with van der Waals surface area (Å²) in [4.78, 5) is 8.35. The molecule has 0 spiro atoms. The van der Waals surface area contributed by atoms with Gasteiger partial charge in [-0.1, -0.05) is 0 Å². The fraction of sp³-hybridized carbons (Fsp3) is 0.333. The Morgan fingerprint density at radius 3 is 3.14 bits per heavy atom. The average molecular weight is 228 g/mol. The Hall–Kier alpha value is -0.870. The summed E-state index contributed by atoms with van der Waals surface area (Å²) in [5.74, 6) is 0.482. The van der Waals surface area contributed by atoms with E-state index in [2.05, 4.69) is 16.9 Å². The molecule has 2 rings (SSSR count). The molecule has 2 aromatic heterocycles. The Kier molecular flexibility index (Phi) is 2.84. The number of alkyl halides is 1. The molecule has 0 amide bonds. The molecular weight excluding hydrogens is 218 g/mol. The van der Waals surface area contributed by atoms with E-state index in [1.54, 1.807) is 23.9 Å². The largest absolute Gasteiger partial charge is 0.324 e. The van der Waals surface area contributed by atoms with Crippen LogP contribution in [0.15, 0.2) is 24.1 Å². The SMILES string of the molecule is CC(c1nccs1)n1cncc1CCl.